The fourth-order valence-electron chi connectivity index (χ4n) is 1.66. The maximum Gasteiger partial charge on any atom is 0.336 e. The van der Waals surface area contributed by atoms with Crippen LogP contribution in [0.3, 0.4) is 0 Å². The van der Waals surface area contributed by atoms with Crippen molar-refractivity contribution in [3.8, 4) is 5.75 Å². The van der Waals surface area contributed by atoms with Crippen LogP contribution in [0.15, 0.2) is 30.3 Å². The summed E-state index contributed by atoms with van der Waals surface area (Å²) in [4.78, 5) is 11.1. The van der Waals surface area contributed by atoms with Gasteiger partial charge in [-0.15, -0.1) is 0 Å². The first kappa shape index (κ1) is 15.9. The lowest BCUT2D eigenvalue weighted by atomic mass is 10.1. The van der Waals surface area contributed by atoms with E-state index in [-0.39, 0.29) is 38.6 Å². The quantitative estimate of drug-likeness (QED) is 0.785. The van der Waals surface area contributed by atoms with Crippen LogP contribution in [0.5, 0.6) is 5.75 Å². The molecule has 0 aromatic heterocycles. The Labute approximate surface area is 134 Å². The van der Waals surface area contributed by atoms with E-state index in [9.17, 15) is 9.18 Å². The number of halogens is 4. The van der Waals surface area contributed by atoms with Gasteiger partial charge in [0.2, 0.25) is 0 Å². The van der Waals surface area contributed by atoms with E-state index >= 15 is 0 Å². The normalized spacial score (nSPS) is 10.5. The molecule has 0 radical (unpaired) electrons. The van der Waals surface area contributed by atoms with Crippen molar-refractivity contribution < 1.29 is 19.0 Å². The van der Waals surface area contributed by atoms with E-state index in [1.165, 1.54) is 18.2 Å². The van der Waals surface area contributed by atoms with Crippen LogP contribution < -0.4 is 4.74 Å². The predicted molar refractivity (Wildman–Crippen MR) is 79.2 cm³/mol. The summed E-state index contributed by atoms with van der Waals surface area (Å²) < 4.78 is 18.6. The summed E-state index contributed by atoms with van der Waals surface area (Å²) >= 11 is 17.6. The van der Waals surface area contributed by atoms with Crippen LogP contribution in [0, 0.1) is 5.82 Å². The summed E-state index contributed by atoms with van der Waals surface area (Å²) in [6.07, 6.45) is 0. The molecule has 0 aliphatic carbocycles. The fraction of sp³-hybridized carbons (Fsp3) is 0.0714. The number of hydrogen-bond donors (Lipinski definition) is 1. The maximum atomic E-state index is 13.2. The van der Waals surface area contributed by atoms with Crippen LogP contribution in [-0.4, -0.2) is 11.1 Å². The standard InChI is InChI=1S/C14H8Cl3FO3/c15-10-4-12(17)13(5-11(10)16)21-6-7-3-8(18)1-2-9(7)14(19)20/h1-5H,6H2,(H,19,20). The Morgan fingerprint density at radius 2 is 1.76 bits per heavy atom. The molecular weight excluding hydrogens is 342 g/mol. The molecule has 0 bridgehead atoms. The average Bonchev–Trinajstić information content (AvgIpc) is 2.41. The van der Waals surface area contributed by atoms with Crippen molar-refractivity contribution in [3.05, 3.63) is 62.3 Å². The molecule has 1 N–H and O–H groups in total. The van der Waals surface area contributed by atoms with Gasteiger partial charge in [0.25, 0.3) is 0 Å². The van der Waals surface area contributed by atoms with E-state index in [4.69, 9.17) is 44.6 Å². The zero-order chi connectivity index (χ0) is 15.6. The minimum atomic E-state index is -1.17. The highest BCUT2D eigenvalue weighted by Gasteiger charge is 2.13. The third-order valence-corrected chi connectivity index (χ3v) is 3.67. The summed E-state index contributed by atoms with van der Waals surface area (Å²) in [5.74, 6) is -1.50. The van der Waals surface area contributed by atoms with Crippen molar-refractivity contribution in [2.75, 3.05) is 0 Å². The predicted octanol–water partition coefficient (Wildman–Crippen LogP) is 5.06. The first-order valence-corrected chi connectivity index (χ1v) is 6.81. The van der Waals surface area contributed by atoms with Crippen molar-refractivity contribution in [3.63, 3.8) is 0 Å². The van der Waals surface area contributed by atoms with Crippen molar-refractivity contribution >= 4 is 40.8 Å². The van der Waals surface area contributed by atoms with Gasteiger partial charge in [-0.3, -0.25) is 0 Å². The van der Waals surface area contributed by atoms with Gasteiger partial charge in [-0.1, -0.05) is 34.8 Å². The summed E-state index contributed by atoms with van der Waals surface area (Å²) in [7, 11) is 0. The maximum absolute atomic E-state index is 13.2. The van der Waals surface area contributed by atoms with Gasteiger partial charge in [-0.2, -0.15) is 0 Å². The van der Waals surface area contributed by atoms with Gasteiger partial charge in [0, 0.05) is 11.6 Å². The number of carboxylic acids is 1. The fourth-order valence-corrected chi connectivity index (χ4v) is 2.25. The zero-order valence-electron chi connectivity index (χ0n) is 10.4. The molecule has 0 heterocycles. The molecule has 0 atom stereocenters. The number of ether oxygens (including phenoxy) is 1. The number of hydrogen-bond acceptors (Lipinski definition) is 2. The molecule has 21 heavy (non-hydrogen) atoms. The van der Waals surface area contributed by atoms with Gasteiger partial charge in [0.05, 0.1) is 20.6 Å². The Bertz CT molecular complexity index is 704. The Morgan fingerprint density at radius 3 is 2.43 bits per heavy atom. The lowest BCUT2D eigenvalue weighted by Gasteiger charge is -2.11. The van der Waals surface area contributed by atoms with Crippen LogP contribution in [0.4, 0.5) is 4.39 Å². The molecule has 0 fully saturated rings. The molecule has 0 saturated heterocycles. The van der Waals surface area contributed by atoms with E-state index in [0.717, 1.165) is 12.1 Å². The van der Waals surface area contributed by atoms with Crippen LogP contribution in [0.1, 0.15) is 15.9 Å². The Balaban J connectivity index is 2.26. The number of rotatable bonds is 4. The molecule has 2 rings (SSSR count). The van der Waals surface area contributed by atoms with Crippen molar-refractivity contribution in [1.82, 2.24) is 0 Å². The molecule has 0 spiro atoms. The SMILES string of the molecule is O=C(O)c1ccc(F)cc1COc1cc(Cl)c(Cl)cc1Cl. The molecular formula is C14H8Cl3FO3. The molecule has 2 aromatic carbocycles. The lowest BCUT2D eigenvalue weighted by molar-refractivity contribution is 0.0694. The average molecular weight is 350 g/mol. The van der Waals surface area contributed by atoms with E-state index < -0.39 is 11.8 Å². The second-order valence-electron chi connectivity index (χ2n) is 4.09. The molecule has 0 aliphatic rings. The lowest BCUT2D eigenvalue weighted by Crippen LogP contribution is -2.06. The van der Waals surface area contributed by atoms with Crippen LogP contribution in [0.2, 0.25) is 15.1 Å². The topological polar surface area (TPSA) is 46.5 Å². The van der Waals surface area contributed by atoms with Gasteiger partial charge in [-0.25, -0.2) is 9.18 Å². The number of carbonyl (C=O) groups is 1. The van der Waals surface area contributed by atoms with Gasteiger partial charge in [-0.05, 0) is 24.3 Å². The van der Waals surface area contributed by atoms with Crippen LogP contribution >= 0.6 is 34.8 Å². The van der Waals surface area contributed by atoms with Crippen LogP contribution in [-0.2, 0) is 6.61 Å². The molecule has 3 nitrogen and oxygen atoms in total. The Hall–Kier alpha value is -1.49. The molecule has 110 valence electrons. The van der Waals surface area contributed by atoms with Crippen LogP contribution in [0.25, 0.3) is 0 Å². The largest absolute Gasteiger partial charge is 0.487 e. The van der Waals surface area contributed by atoms with Gasteiger partial charge < -0.3 is 9.84 Å². The summed E-state index contributed by atoms with van der Waals surface area (Å²) in [6, 6.07) is 6.15. The molecule has 2 aromatic rings. The van der Waals surface area contributed by atoms with E-state index in [0.29, 0.717) is 0 Å². The summed E-state index contributed by atoms with van der Waals surface area (Å²) in [6.45, 7) is -0.170. The Morgan fingerprint density at radius 1 is 1.10 bits per heavy atom. The van der Waals surface area contributed by atoms with Crippen molar-refractivity contribution in [1.29, 1.82) is 0 Å². The van der Waals surface area contributed by atoms with Crippen molar-refractivity contribution in [2.24, 2.45) is 0 Å². The third-order valence-electron chi connectivity index (χ3n) is 2.66. The Kier molecular flexibility index (Phi) is 4.93. The second kappa shape index (κ2) is 6.52. The molecule has 0 amide bonds. The van der Waals surface area contributed by atoms with Gasteiger partial charge in [0.15, 0.2) is 0 Å². The summed E-state index contributed by atoms with van der Waals surface area (Å²) in [5, 5.41) is 9.78. The first-order valence-electron chi connectivity index (χ1n) is 5.67. The molecule has 0 aliphatic heterocycles. The monoisotopic (exact) mass is 348 g/mol. The number of benzene rings is 2. The zero-order valence-corrected chi connectivity index (χ0v) is 12.6. The minimum absolute atomic E-state index is 0.0485. The number of carboxylic acid groups (broad SMARTS) is 1. The molecule has 7 heteroatoms. The summed E-state index contributed by atoms with van der Waals surface area (Å²) in [5.41, 5.74) is 0.136. The van der Waals surface area contributed by atoms with Crippen molar-refractivity contribution in [2.45, 2.75) is 6.61 Å². The molecule has 0 saturated carbocycles. The third kappa shape index (κ3) is 3.79. The smallest absolute Gasteiger partial charge is 0.336 e. The highest BCUT2D eigenvalue weighted by Crippen LogP contribution is 2.34. The second-order valence-corrected chi connectivity index (χ2v) is 5.31. The van der Waals surface area contributed by atoms with Gasteiger partial charge in [0.1, 0.15) is 18.2 Å². The van der Waals surface area contributed by atoms with Gasteiger partial charge >= 0.3 is 5.97 Å². The minimum Gasteiger partial charge on any atom is -0.487 e. The highest BCUT2D eigenvalue weighted by molar-refractivity contribution is 6.43. The van der Waals surface area contributed by atoms with E-state index in [1.54, 1.807) is 0 Å². The highest BCUT2D eigenvalue weighted by atomic mass is 35.5. The first-order chi connectivity index (χ1) is 9.88. The number of aromatic carboxylic acids is 1. The van der Waals surface area contributed by atoms with E-state index in [2.05, 4.69) is 0 Å². The van der Waals surface area contributed by atoms with E-state index in [1.807, 2.05) is 0 Å². The molecule has 0 unspecified atom stereocenters.